The lowest BCUT2D eigenvalue weighted by Gasteiger charge is -2.19. The van der Waals surface area contributed by atoms with Gasteiger partial charge in [-0.25, -0.2) is 0 Å². The first-order valence-electron chi connectivity index (χ1n) is 10.2. The number of benzene rings is 2. The molecule has 1 fully saturated rings. The van der Waals surface area contributed by atoms with Crippen LogP contribution in [0.5, 0.6) is 11.5 Å². The van der Waals surface area contributed by atoms with Crippen molar-refractivity contribution in [1.82, 2.24) is 5.32 Å². The van der Waals surface area contributed by atoms with Gasteiger partial charge in [0, 0.05) is 12.0 Å². The molecule has 3 atom stereocenters. The van der Waals surface area contributed by atoms with Crippen molar-refractivity contribution in [3.63, 3.8) is 0 Å². The molecule has 29 heavy (non-hydrogen) atoms. The van der Waals surface area contributed by atoms with Crippen molar-refractivity contribution < 1.29 is 19.1 Å². The molecule has 2 aromatic rings. The van der Waals surface area contributed by atoms with Crippen LogP contribution < -0.4 is 14.8 Å². The van der Waals surface area contributed by atoms with Crippen molar-refractivity contribution in [2.45, 2.75) is 39.2 Å². The summed E-state index contributed by atoms with van der Waals surface area (Å²) in [6.45, 7) is 4.14. The lowest BCUT2D eigenvalue weighted by atomic mass is 10.0. The fourth-order valence-corrected chi connectivity index (χ4v) is 3.58. The van der Waals surface area contributed by atoms with Gasteiger partial charge >= 0.3 is 0 Å². The Kier molecular flexibility index (Phi) is 6.91. The first-order valence-corrected chi connectivity index (χ1v) is 10.2. The highest BCUT2D eigenvalue weighted by atomic mass is 16.5. The van der Waals surface area contributed by atoms with Crippen molar-refractivity contribution in [1.29, 1.82) is 0 Å². The normalized spacial score (nSPS) is 18.6. The minimum absolute atomic E-state index is 0.0236. The predicted molar refractivity (Wildman–Crippen MR) is 112 cm³/mol. The second-order valence-corrected chi connectivity index (χ2v) is 7.71. The number of Topliss-reactive ketones (excluding diaryl/α,β-unsaturated/α-hetero) is 1. The largest absolute Gasteiger partial charge is 0.493 e. The van der Waals surface area contributed by atoms with E-state index < -0.39 is 0 Å². The van der Waals surface area contributed by atoms with Gasteiger partial charge in [-0.15, -0.1) is 0 Å². The molecular weight excluding hydrogens is 366 g/mol. The van der Waals surface area contributed by atoms with Gasteiger partial charge in [0.25, 0.3) is 0 Å². The standard InChI is InChI=1S/C24H29NO4/c1-16-14-20(16)24(18-8-5-4-6-9-18)25-23(27)10-7-13-29-21-12-11-19(17(2)26)15-22(21)28-3/h4-6,8-9,11-12,15-16,20,24H,7,10,13-14H2,1-3H3,(H,25,27). The van der Waals surface area contributed by atoms with Crippen LogP contribution in [0.1, 0.15) is 55.1 Å². The van der Waals surface area contributed by atoms with E-state index in [1.807, 2.05) is 18.2 Å². The van der Waals surface area contributed by atoms with Gasteiger partial charge in [-0.1, -0.05) is 37.3 Å². The first kappa shape index (κ1) is 20.9. The van der Waals surface area contributed by atoms with Gasteiger partial charge in [-0.05, 0) is 55.4 Å². The second-order valence-electron chi connectivity index (χ2n) is 7.71. The van der Waals surface area contributed by atoms with Crippen molar-refractivity contribution in [2.24, 2.45) is 11.8 Å². The van der Waals surface area contributed by atoms with E-state index in [0.717, 1.165) is 6.42 Å². The number of hydrogen-bond acceptors (Lipinski definition) is 4. The van der Waals surface area contributed by atoms with Crippen molar-refractivity contribution in [3.05, 3.63) is 59.7 Å². The Labute approximate surface area is 172 Å². The summed E-state index contributed by atoms with van der Waals surface area (Å²) in [5.74, 6) is 2.28. The summed E-state index contributed by atoms with van der Waals surface area (Å²) >= 11 is 0. The molecule has 0 spiro atoms. The number of nitrogens with one attached hydrogen (secondary N) is 1. The number of ether oxygens (including phenoxy) is 2. The van der Waals surface area contributed by atoms with Gasteiger partial charge in [0.1, 0.15) is 0 Å². The summed E-state index contributed by atoms with van der Waals surface area (Å²) in [7, 11) is 1.54. The SMILES string of the molecule is COc1cc(C(C)=O)ccc1OCCCC(=O)NC(c1ccccc1)C1CC1C. The highest BCUT2D eigenvalue weighted by molar-refractivity contribution is 5.94. The molecular formula is C24H29NO4. The molecule has 0 bridgehead atoms. The van der Waals surface area contributed by atoms with Crippen LogP contribution in [0.25, 0.3) is 0 Å². The van der Waals surface area contributed by atoms with E-state index >= 15 is 0 Å². The molecule has 0 aliphatic heterocycles. The highest BCUT2D eigenvalue weighted by Gasteiger charge is 2.40. The van der Waals surface area contributed by atoms with E-state index in [0.29, 0.717) is 48.3 Å². The summed E-state index contributed by atoms with van der Waals surface area (Å²) in [6.07, 6.45) is 2.16. The molecule has 3 unspecified atom stereocenters. The van der Waals surface area contributed by atoms with Crippen LogP contribution >= 0.6 is 0 Å². The molecule has 5 nitrogen and oxygen atoms in total. The average Bonchev–Trinajstić information content (AvgIpc) is 3.46. The third kappa shape index (κ3) is 5.59. The zero-order chi connectivity index (χ0) is 20.8. The molecule has 154 valence electrons. The molecule has 1 N–H and O–H groups in total. The van der Waals surface area contributed by atoms with Crippen LogP contribution in [0.2, 0.25) is 0 Å². The van der Waals surface area contributed by atoms with Gasteiger partial charge in [-0.3, -0.25) is 9.59 Å². The molecule has 1 aliphatic carbocycles. The maximum absolute atomic E-state index is 12.5. The number of amides is 1. The molecule has 1 aliphatic rings. The molecule has 5 heteroatoms. The topological polar surface area (TPSA) is 64.6 Å². The van der Waals surface area contributed by atoms with Gasteiger partial charge in [-0.2, -0.15) is 0 Å². The predicted octanol–water partition coefficient (Wildman–Crippen LogP) is 4.57. The summed E-state index contributed by atoms with van der Waals surface area (Å²) in [5, 5.41) is 3.21. The fraction of sp³-hybridized carbons (Fsp3) is 0.417. The van der Waals surface area contributed by atoms with Gasteiger partial charge in [0.05, 0.1) is 19.8 Å². The molecule has 2 aromatic carbocycles. The van der Waals surface area contributed by atoms with Crippen LogP contribution in [-0.4, -0.2) is 25.4 Å². The van der Waals surface area contributed by atoms with Crippen LogP contribution in [0.15, 0.2) is 48.5 Å². The lowest BCUT2D eigenvalue weighted by molar-refractivity contribution is -0.122. The highest BCUT2D eigenvalue weighted by Crippen LogP contribution is 2.46. The van der Waals surface area contributed by atoms with Crippen LogP contribution in [0, 0.1) is 11.8 Å². The van der Waals surface area contributed by atoms with Crippen molar-refractivity contribution in [3.8, 4) is 11.5 Å². The summed E-state index contributed by atoms with van der Waals surface area (Å²) in [6, 6.07) is 15.4. The van der Waals surface area contributed by atoms with Crippen LogP contribution in [0.3, 0.4) is 0 Å². The number of rotatable bonds is 10. The Bertz CT molecular complexity index is 849. The van der Waals surface area contributed by atoms with E-state index in [2.05, 4.69) is 24.4 Å². The number of hydrogen-bond donors (Lipinski definition) is 1. The smallest absolute Gasteiger partial charge is 0.220 e. The average molecular weight is 395 g/mol. The molecule has 3 rings (SSSR count). The van der Waals surface area contributed by atoms with Crippen LogP contribution in [-0.2, 0) is 4.79 Å². The van der Waals surface area contributed by atoms with Gasteiger partial charge in [0.15, 0.2) is 17.3 Å². The third-order valence-electron chi connectivity index (χ3n) is 5.45. The second kappa shape index (κ2) is 9.59. The quantitative estimate of drug-likeness (QED) is 0.473. The summed E-state index contributed by atoms with van der Waals surface area (Å²) < 4.78 is 11.1. The van der Waals surface area contributed by atoms with E-state index in [1.165, 1.54) is 12.5 Å². The van der Waals surface area contributed by atoms with E-state index in [9.17, 15) is 9.59 Å². The maximum Gasteiger partial charge on any atom is 0.220 e. The Morgan fingerprint density at radius 2 is 1.86 bits per heavy atom. The zero-order valence-corrected chi connectivity index (χ0v) is 17.3. The van der Waals surface area contributed by atoms with Crippen molar-refractivity contribution >= 4 is 11.7 Å². The number of ketones is 1. The van der Waals surface area contributed by atoms with E-state index in [1.54, 1.807) is 25.3 Å². The minimum atomic E-state index is -0.0236. The van der Waals surface area contributed by atoms with Gasteiger partial charge in [0.2, 0.25) is 5.91 Å². The Hall–Kier alpha value is -2.82. The molecule has 0 radical (unpaired) electrons. The first-order chi connectivity index (χ1) is 14.0. The zero-order valence-electron chi connectivity index (χ0n) is 17.3. The lowest BCUT2D eigenvalue weighted by Crippen LogP contribution is -2.30. The molecule has 1 amide bonds. The maximum atomic E-state index is 12.5. The Balaban J connectivity index is 1.49. The van der Waals surface area contributed by atoms with E-state index in [4.69, 9.17) is 9.47 Å². The molecule has 1 saturated carbocycles. The summed E-state index contributed by atoms with van der Waals surface area (Å²) in [4.78, 5) is 24.0. The molecule has 0 aromatic heterocycles. The Morgan fingerprint density at radius 1 is 1.14 bits per heavy atom. The minimum Gasteiger partial charge on any atom is -0.493 e. The summed E-state index contributed by atoms with van der Waals surface area (Å²) in [5.41, 5.74) is 1.75. The fourth-order valence-electron chi connectivity index (χ4n) is 3.58. The van der Waals surface area contributed by atoms with Crippen LogP contribution in [0.4, 0.5) is 0 Å². The third-order valence-corrected chi connectivity index (χ3v) is 5.45. The molecule has 0 heterocycles. The molecule has 0 saturated heterocycles. The number of carbonyl (C=O) groups is 2. The van der Waals surface area contributed by atoms with E-state index in [-0.39, 0.29) is 17.7 Å². The monoisotopic (exact) mass is 395 g/mol. The van der Waals surface area contributed by atoms with Gasteiger partial charge < -0.3 is 14.8 Å². The van der Waals surface area contributed by atoms with Crippen molar-refractivity contribution in [2.75, 3.05) is 13.7 Å². The Morgan fingerprint density at radius 3 is 2.48 bits per heavy atom. The number of methoxy groups -OCH3 is 1. The number of carbonyl (C=O) groups excluding carboxylic acids is 2.